The first-order valence-electron chi connectivity index (χ1n) is 6.07. The first-order chi connectivity index (χ1) is 6.64. The van der Waals surface area contributed by atoms with Crippen LogP contribution in [0.25, 0.3) is 0 Å². The molecule has 1 heterocycles. The van der Waals surface area contributed by atoms with E-state index in [-0.39, 0.29) is 0 Å². The number of nitrogens with zero attached hydrogens (tertiary/aromatic N) is 1. The molecule has 1 fully saturated rings. The first kappa shape index (κ1) is 12.0. The van der Waals surface area contributed by atoms with E-state index < -0.39 is 0 Å². The molecule has 0 aromatic rings. The Kier molecular flexibility index (Phi) is 4.90. The SMILES string of the molecule is CCNCCCCN1CCC(C)(C)C1. The van der Waals surface area contributed by atoms with Crippen LogP contribution in [-0.2, 0) is 0 Å². The van der Waals surface area contributed by atoms with Gasteiger partial charge in [-0.1, -0.05) is 20.8 Å². The molecule has 2 nitrogen and oxygen atoms in total. The molecule has 0 bridgehead atoms. The van der Waals surface area contributed by atoms with Gasteiger partial charge in [-0.25, -0.2) is 0 Å². The molecule has 0 aliphatic carbocycles. The van der Waals surface area contributed by atoms with Gasteiger partial charge in [0, 0.05) is 6.54 Å². The highest BCUT2D eigenvalue weighted by molar-refractivity contribution is 4.82. The Labute approximate surface area is 89.1 Å². The van der Waals surface area contributed by atoms with Crippen LogP contribution in [0.4, 0.5) is 0 Å². The highest BCUT2D eigenvalue weighted by atomic mass is 15.1. The second kappa shape index (κ2) is 5.72. The minimum Gasteiger partial charge on any atom is -0.317 e. The third-order valence-electron chi connectivity index (χ3n) is 3.08. The van der Waals surface area contributed by atoms with Gasteiger partial charge in [0.2, 0.25) is 0 Å². The number of nitrogens with one attached hydrogen (secondary N) is 1. The smallest absolute Gasteiger partial charge is 0.00332 e. The number of likely N-dealkylation sites (tertiary alicyclic amines) is 1. The lowest BCUT2D eigenvalue weighted by Gasteiger charge is -2.19. The van der Waals surface area contributed by atoms with Crippen molar-refractivity contribution in [3.05, 3.63) is 0 Å². The van der Waals surface area contributed by atoms with E-state index >= 15 is 0 Å². The van der Waals surface area contributed by atoms with Crippen LogP contribution in [0.5, 0.6) is 0 Å². The highest BCUT2D eigenvalue weighted by Crippen LogP contribution is 2.28. The molecule has 0 aromatic heterocycles. The lowest BCUT2D eigenvalue weighted by Crippen LogP contribution is -2.25. The Morgan fingerprint density at radius 1 is 1.29 bits per heavy atom. The van der Waals surface area contributed by atoms with E-state index in [1.807, 2.05) is 0 Å². The minimum absolute atomic E-state index is 0.571. The normalized spacial score (nSPS) is 21.6. The van der Waals surface area contributed by atoms with Crippen LogP contribution >= 0.6 is 0 Å². The summed E-state index contributed by atoms with van der Waals surface area (Å²) >= 11 is 0. The van der Waals surface area contributed by atoms with Crippen LogP contribution in [0.15, 0.2) is 0 Å². The molecule has 0 spiro atoms. The molecule has 0 radical (unpaired) electrons. The summed E-state index contributed by atoms with van der Waals surface area (Å²) in [6.45, 7) is 13.1. The molecule has 0 saturated carbocycles. The Bertz CT molecular complexity index is 154. The molecule has 0 aromatic carbocycles. The second-order valence-electron chi connectivity index (χ2n) is 5.25. The predicted molar refractivity (Wildman–Crippen MR) is 62.6 cm³/mol. The molecule has 2 heteroatoms. The van der Waals surface area contributed by atoms with E-state index in [0.29, 0.717) is 5.41 Å². The maximum atomic E-state index is 3.37. The van der Waals surface area contributed by atoms with Gasteiger partial charge in [-0.05, 0) is 50.9 Å². The monoisotopic (exact) mass is 198 g/mol. The predicted octanol–water partition coefficient (Wildman–Crippen LogP) is 2.11. The van der Waals surface area contributed by atoms with Crippen molar-refractivity contribution in [1.29, 1.82) is 0 Å². The van der Waals surface area contributed by atoms with E-state index in [9.17, 15) is 0 Å². The average molecular weight is 198 g/mol. The van der Waals surface area contributed by atoms with Crippen molar-refractivity contribution in [2.24, 2.45) is 5.41 Å². The third kappa shape index (κ3) is 4.43. The molecule has 0 amide bonds. The maximum absolute atomic E-state index is 3.37. The average Bonchev–Trinajstić information content (AvgIpc) is 2.45. The Morgan fingerprint density at radius 3 is 2.64 bits per heavy atom. The second-order valence-corrected chi connectivity index (χ2v) is 5.25. The van der Waals surface area contributed by atoms with Gasteiger partial charge in [0.1, 0.15) is 0 Å². The molecular weight excluding hydrogens is 172 g/mol. The molecule has 0 atom stereocenters. The van der Waals surface area contributed by atoms with E-state index in [2.05, 4.69) is 31.0 Å². The minimum atomic E-state index is 0.571. The fourth-order valence-electron chi connectivity index (χ4n) is 2.18. The van der Waals surface area contributed by atoms with Gasteiger partial charge in [0.25, 0.3) is 0 Å². The molecular formula is C12H26N2. The van der Waals surface area contributed by atoms with Crippen LogP contribution < -0.4 is 5.32 Å². The summed E-state index contributed by atoms with van der Waals surface area (Å²) in [6, 6.07) is 0. The van der Waals surface area contributed by atoms with Crippen molar-refractivity contribution in [2.75, 3.05) is 32.7 Å². The molecule has 0 unspecified atom stereocenters. The van der Waals surface area contributed by atoms with Gasteiger partial charge in [0.05, 0.1) is 0 Å². The summed E-state index contributed by atoms with van der Waals surface area (Å²) in [5.74, 6) is 0. The quantitative estimate of drug-likeness (QED) is 0.658. The first-order valence-corrected chi connectivity index (χ1v) is 6.07. The van der Waals surface area contributed by atoms with Crippen molar-refractivity contribution in [3.8, 4) is 0 Å². The number of rotatable bonds is 6. The lowest BCUT2D eigenvalue weighted by molar-refractivity contribution is 0.285. The van der Waals surface area contributed by atoms with Crippen LogP contribution in [0, 0.1) is 5.41 Å². The summed E-state index contributed by atoms with van der Waals surface area (Å²) < 4.78 is 0. The van der Waals surface area contributed by atoms with Gasteiger partial charge >= 0.3 is 0 Å². The van der Waals surface area contributed by atoms with E-state index in [1.54, 1.807) is 0 Å². The van der Waals surface area contributed by atoms with Crippen molar-refractivity contribution >= 4 is 0 Å². The lowest BCUT2D eigenvalue weighted by atomic mass is 9.93. The summed E-state index contributed by atoms with van der Waals surface area (Å²) in [5, 5.41) is 3.37. The van der Waals surface area contributed by atoms with E-state index in [1.165, 1.54) is 45.4 Å². The van der Waals surface area contributed by atoms with E-state index in [0.717, 1.165) is 6.54 Å². The Hall–Kier alpha value is -0.0800. The van der Waals surface area contributed by atoms with Gasteiger partial charge in [0.15, 0.2) is 0 Å². The third-order valence-corrected chi connectivity index (χ3v) is 3.08. The Morgan fingerprint density at radius 2 is 2.07 bits per heavy atom. The van der Waals surface area contributed by atoms with Crippen LogP contribution in [0.3, 0.4) is 0 Å². The number of hydrogen-bond donors (Lipinski definition) is 1. The highest BCUT2D eigenvalue weighted by Gasteiger charge is 2.28. The summed E-state index contributed by atoms with van der Waals surface area (Å²) in [7, 11) is 0. The standard InChI is InChI=1S/C12H26N2/c1-4-13-8-5-6-9-14-10-7-12(2,3)11-14/h13H,4-11H2,1-3H3. The van der Waals surface area contributed by atoms with Crippen molar-refractivity contribution in [2.45, 2.75) is 40.0 Å². The fourth-order valence-corrected chi connectivity index (χ4v) is 2.18. The van der Waals surface area contributed by atoms with Crippen molar-refractivity contribution < 1.29 is 0 Å². The molecule has 84 valence electrons. The van der Waals surface area contributed by atoms with Gasteiger partial charge in [-0.15, -0.1) is 0 Å². The van der Waals surface area contributed by atoms with Gasteiger partial charge in [-0.3, -0.25) is 0 Å². The Balaban J connectivity index is 1.98. The van der Waals surface area contributed by atoms with Crippen LogP contribution in [0.2, 0.25) is 0 Å². The van der Waals surface area contributed by atoms with Crippen LogP contribution in [-0.4, -0.2) is 37.6 Å². The zero-order valence-corrected chi connectivity index (χ0v) is 10.1. The largest absolute Gasteiger partial charge is 0.317 e. The molecule has 1 aliphatic rings. The summed E-state index contributed by atoms with van der Waals surface area (Å²) in [4.78, 5) is 2.62. The zero-order valence-electron chi connectivity index (χ0n) is 10.1. The topological polar surface area (TPSA) is 15.3 Å². The summed E-state index contributed by atoms with van der Waals surface area (Å²) in [5.41, 5.74) is 0.571. The van der Waals surface area contributed by atoms with Crippen molar-refractivity contribution in [3.63, 3.8) is 0 Å². The maximum Gasteiger partial charge on any atom is 0.00332 e. The van der Waals surface area contributed by atoms with Gasteiger partial charge in [-0.2, -0.15) is 0 Å². The van der Waals surface area contributed by atoms with Gasteiger partial charge < -0.3 is 10.2 Å². The molecule has 1 rings (SSSR count). The molecule has 1 saturated heterocycles. The zero-order chi connectivity index (χ0) is 10.4. The van der Waals surface area contributed by atoms with E-state index in [4.69, 9.17) is 0 Å². The number of unbranched alkanes of at least 4 members (excludes halogenated alkanes) is 1. The van der Waals surface area contributed by atoms with Crippen molar-refractivity contribution in [1.82, 2.24) is 10.2 Å². The molecule has 14 heavy (non-hydrogen) atoms. The summed E-state index contributed by atoms with van der Waals surface area (Å²) in [6.07, 6.45) is 4.05. The fraction of sp³-hybridized carbons (Fsp3) is 1.00. The number of hydrogen-bond acceptors (Lipinski definition) is 2. The molecule has 1 N–H and O–H groups in total. The molecule has 1 aliphatic heterocycles. The van der Waals surface area contributed by atoms with Crippen LogP contribution in [0.1, 0.15) is 40.0 Å².